The summed E-state index contributed by atoms with van der Waals surface area (Å²) in [6.07, 6.45) is 0.517. The van der Waals surface area contributed by atoms with Gasteiger partial charge in [-0.05, 0) is 31.8 Å². The SMILES string of the molecule is CN(C)C(CC#N)c1cccc(Br)c1. The highest BCUT2D eigenvalue weighted by atomic mass is 79.9. The maximum absolute atomic E-state index is 8.73. The molecule has 0 saturated heterocycles. The van der Waals surface area contributed by atoms with Crippen LogP contribution in [-0.4, -0.2) is 19.0 Å². The monoisotopic (exact) mass is 252 g/mol. The molecule has 0 amide bonds. The maximum Gasteiger partial charge on any atom is 0.0641 e. The second kappa shape index (κ2) is 5.14. The number of nitriles is 1. The lowest BCUT2D eigenvalue weighted by molar-refractivity contribution is 0.303. The van der Waals surface area contributed by atoms with Gasteiger partial charge in [-0.2, -0.15) is 5.26 Å². The molecular formula is C11H13BrN2. The van der Waals surface area contributed by atoms with Crippen molar-refractivity contribution in [3.8, 4) is 6.07 Å². The molecule has 0 N–H and O–H groups in total. The third-order valence-electron chi connectivity index (χ3n) is 2.14. The highest BCUT2D eigenvalue weighted by Crippen LogP contribution is 2.23. The molecule has 0 spiro atoms. The first kappa shape index (κ1) is 11.2. The van der Waals surface area contributed by atoms with E-state index in [1.807, 2.05) is 32.3 Å². The minimum atomic E-state index is 0.178. The van der Waals surface area contributed by atoms with Crippen LogP contribution >= 0.6 is 15.9 Å². The van der Waals surface area contributed by atoms with Gasteiger partial charge in [0, 0.05) is 10.5 Å². The smallest absolute Gasteiger partial charge is 0.0641 e. The van der Waals surface area contributed by atoms with E-state index in [1.54, 1.807) is 0 Å². The van der Waals surface area contributed by atoms with Crippen molar-refractivity contribution < 1.29 is 0 Å². The number of nitrogens with zero attached hydrogens (tertiary/aromatic N) is 2. The van der Waals surface area contributed by atoms with Gasteiger partial charge in [-0.1, -0.05) is 28.1 Å². The highest BCUT2D eigenvalue weighted by Gasteiger charge is 2.13. The molecule has 0 aliphatic heterocycles. The summed E-state index contributed by atoms with van der Waals surface area (Å²) in [6.45, 7) is 0. The minimum Gasteiger partial charge on any atom is -0.301 e. The number of hydrogen-bond donors (Lipinski definition) is 0. The maximum atomic E-state index is 8.73. The van der Waals surface area contributed by atoms with Gasteiger partial charge in [-0.3, -0.25) is 0 Å². The first-order chi connectivity index (χ1) is 6.65. The van der Waals surface area contributed by atoms with Gasteiger partial charge in [-0.25, -0.2) is 0 Å². The normalized spacial score (nSPS) is 12.5. The van der Waals surface area contributed by atoms with Crippen LogP contribution in [0, 0.1) is 11.3 Å². The van der Waals surface area contributed by atoms with Crippen LogP contribution in [-0.2, 0) is 0 Å². The summed E-state index contributed by atoms with van der Waals surface area (Å²) >= 11 is 3.43. The van der Waals surface area contributed by atoms with E-state index in [4.69, 9.17) is 5.26 Å². The van der Waals surface area contributed by atoms with E-state index in [0.717, 1.165) is 4.47 Å². The van der Waals surface area contributed by atoms with Crippen LogP contribution in [0.25, 0.3) is 0 Å². The van der Waals surface area contributed by atoms with Gasteiger partial charge in [0.2, 0.25) is 0 Å². The molecule has 0 radical (unpaired) electrons. The van der Waals surface area contributed by atoms with Crippen LogP contribution in [0.15, 0.2) is 28.7 Å². The van der Waals surface area contributed by atoms with Gasteiger partial charge >= 0.3 is 0 Å². The van der Waals surface area contributed by atoms with Gasteiger partial charge < -0.3 is 4.90 Å². The van der Waals surface area contributed by atoms with E-state index in [9.17, 15) is 0 Å². The van der Waals surface area contributed by atoms with Crippen LogP contribution in [0.3, 0.4) is 0 Å². The molecule has 1 aromatic carbocycles. The third kappa shape index (κ3) is 2.83. The van der Waals surface area contributed by atoms with Crippen molar-refractivity contribution in [3.63, 3.8) is 0 Å². The van der Waals surface area contributed by atoms with Gasteiger partial charge in [-0.15, -0.1) is 0 Å². The average Bonchev–Trinajstić information content (AvgIpc) is 2.13. The van der Waals surface area contributed by atoms with E-state index in [2.05, 4.69) is 33.0 Å². The Bertz CT molecular complexity index is 341. The lowest BCUT2D eigenvalue weighted by Crippen LogP contribution is -2.19. The highest BCUT2D eigenvalue weighted by molar-refractivity contribution is 9.10. The Morgan fingerprint density at radius 2 is 2.21 bits per heavy atom. The Kier molecular flexibility index (Phi) is 4.12. The Labute approximate surface area is 93.3 Å². The standard InChI is InChI=1S/C11H13BrN2/c1-14(2)11(6-7-13)9-4-3-5-10(12)8-9/h3-5,8,11H,6H2,1-2H3. The zero-order valence-electron chi connectivity index (χ0n) is 8.37. The molecule has 0 heterocycles. The summed E-state index contributed by atoms with van der Waals surface area (Å²) in [7, 11) is 3.98. The summed E-state index contributed by atoms with van der Waals surface area (Å²) in [5.41, 5.74) is 1.17. The van der Waals surface area contributed by atoms with Gasteiger partial charge in [0.1, 0.15) is 0 Å². The van der Waals surface area contributed by atoms with Gasteiger partial charge in [0.05, 0.1) is 12.5 Å². The van der Waals surface area contributed by atoms with E-state index < -0.39 is 0 Å². The number of rotatable bonds is 3. The van der Waals surface area contributed by atoms with Crippen LogP contribution in [0.2, 0.25) is 0 Å². The molecule has 14 heavy (non-hydrogen) atoms. The molecule has 1 unspecified atom stereocenters. The third-order valence-corrected chi connectivity index (χ3v) is 2.63. The average molecular weight is 253 g/mol. The Morgan fingerprint density at radius 1 is 1.50 bits per heavy atom. The zero-order valence-corrected chi connectivity index (χ0v) is 9.95. The van der Waals surface area contributed by atoms with Crippen molar-refractivity contribution in [2.24, 2.45) is 0 Å². The fraction of sp³-hybridized carbons (Fsp3) is 0.364. The predicted octanol–water partition coefficient (Wildman–Crippen LogP) is 2.97. The summed E-state index contributed by atoms with van der Waals surface area (Å²) in [4.78, 5) is 2.06. The fourth-order valence-corrected chi connectivity index (χ4v) is 1.82. The Balaban J connectivity index is 2.94. The summed E-state index contributed by atoms with van der Waals surface area (Å²) in [6, 6.07) is 10.5. The van der Waals surface area contributed by atoms with E-state index >= 15 is 0 Å². The molecule has 1 rings (SSSR count). The van der Waals surface area contributed by atoms with Crippen LogP contribution in [0.5, 0.6) is 0 Å². The van der Waals surface area contributed by atoms with Crippen molar-refractivity contribution in [1.29, 1.82) is 5.26 Å². The first-order valence-corrected chi connectivity index (χ1v) is 5.23. The fourth-order valence-electron chi connectivity index (χ4n) is 1.40. The van der Waals surface area contributed by atoms with Gasteiger partial charge in [0.25, 0.3) is 0 Å². The minimum absolute atomic E-state index is 0.178. The quantitative estimate of drug-likeness (QED) is 0.828. The molecule has 74 valence electrons. The molecule has 2 nitrogen and oxygen atoms in total. The van der Waals surface area contributed by atoms with Crippen LogP contribution < -0.4 is 0 Å². The van der Waals surface area contributed by atoms with Gasteiger partial charge in [0.15, 0.2) is 0 Å². The van der Waals surface area contributed by atoms with E-state index in [1.165, 1.54) is 5.56 Å². The molecule has 0 bridgehead atoms. The first-order valence-electron chi connectivity index (χ1n) is 4.44. The second-order valence-corrected chi connectivity index (χ2v) is 4.31. The van der Waals surface area contributed by atoms with Crippen molar-refractivity contribution in [2.75, 3.05) is 14.1 Å². The van der Waals surface area contributed by atoms with Crippen LogP contribution in [0.1, 0.15) is 18.0 Å². The summed E-state index contributed by atoms with van der Waals surface area (Å²) < 4.78 is 1.06. The number of benzene rings is 1. The lowest BCUT2D eigenvalue weighted by atomic mass is 10.0. The van der Waals surface area contributed by atoms with E-state index in [-0.39, 0.29) is 6.04 Å². The molecule has 0 aliphatic carbocycles. The van der Waals surface area contributed by atoms with Crippen molar-refractivity contribution in [2.45, 2.75) is 12.5 Å². The number of hydrogen-bond acceptors (Lipinski definition) is 2. The molecule has 0 fully saturated rings. The molecular weight excluding hydrogens is 240 g/mol. The van der Waals surface area contributed by atoms with Crippen LogP contribution in [0.4, 0.5) is 0 Å². The second-order valence-electron chi connectivity index (χ2n) is 3.40. The molecule has 0 saturated carbocycles. The molecule has 0 aromatic heterocycles. The van der Waals surface area contributed by atoms with Crippen molar-refractivity contribution in [3.05, 3.63) is 34.3 Å². The van der Waals surface area contributed by atoms with Crippen molar-refractivity contribution >= 4 is 15.9 Å². The Hall–Kier alpha value is -0.850. The number of halogens is 1. The molecule has 0 aliphatic rings. The largest absolute Gasteiger partial charge is 0.301 e. The summed E-state index contributed by atoms with van der Waals surface area (Å²) in [5, 5.41) is 8.73. The summed E-state index contributed by atoms with van der Waals surface area (Å²) in [5.74, 6) is 0. The predicted molar refractivity (Wildman–Crippen MR) is 60.8 cm³/mol. The van der Waals surface area contributed by atoms with Crippen molar-refractivity contribution in [1.82, 2.24) is 4.90 Å². The topological polar surface area (TPSA) is 27.0 Å². The molecule has 1 atom stereocenters. The molecule has 3 heteroatoms. The van der Waals surface area contributed by atoms with E-state index in [0.29, 0.717) is 6.42 Å². The zero-order chi connectivity index (χ0) is 10.6. The lowest BCUT2D eigenvalue weighted by Gasteiger charge is -2.22. The molecule has 1 aromatic rings. The Morgan fingerprint density at radius 3 is 2.71 bits per heavy atom.